The van der Waals surface area contributed by atoms with Crippen LogP contribution in [0.3, 0.4) is 0 Å². The molecule has 0 aromatic rings. The number of nitrogens with two attached hydrogens (primary N) is 1. The summed E-state index contributed by atoms with van der Waals surface area (Å²) in [5.74, 6) is -3.51. The summed E-state index contributed by atoms with van der Waals surface area (Å²) >= 11 is 1.41. The van der Waals surface area contributed by atoms with Gasteiger partial charge in [-0.2, -0.15) is 11.8 Å². The molecule has 0 heterocycles. The first-order valence-corrected chi connectivity index (χ1v) is 8.97. The van der Waals surface area contributed by atoms with Gasteiger partial charge >= 0.3 is 11.9 Å². The summed E-state index contributed by atoms with van der Waals surface area (Å²) in [6.45, 7) is 1.25. The highest BCUT2D eigenvalue weighted by molar-refractivity contribution is 7.98. The van der Waals surface area contributed by atoms with Gasteiger partial charge in [0.25, 0.3) is 0 Å². The number of amides is 2. The maximum absolute atomic E-state index is 12.2. The van der Waals surface area contributed by atoms with Crippen LogP contribution in [0.5, 0.6) is 0 Å². The molecule has 4 atom stereocenters. The minimum Gasteiger partial charge on any atom is -0.481 e. The number of carbonyl (C=O) groups is 4. The molecule has 2 amide bonds. The highest BCUT2D eigenvalue weighted by Crippen LogP contribution is 2.04. The fraction of sp³-hybridized carbons (Fsp3) is 0.714. The summed E-state index contributed by atoms with van der Waals surface area (Å²) < 4.78 is 0. The van der Waals surface area contributed by atoms with E-state index in [2.05, 4.69) is 10.6 Å². The van der Waals surface area contributed by atoms with E-state index in [1.165, 1.54) is 18.7 Å². The molecule has 7 N–H and O–H groups in total. The van der Waals surface area contributed by atoms with Crippen molar-refractivity contribution in [3.05, 3.63) is 0 Å². The van der Waals surface area contributed by atoms with Crippen molar-refractivity contribution in [1.29, 1.82) is 0 Å². The molecule has 0 saturated carbocycles. The summed E-state index contributed by atoms with van der Waals surface area (Å²) in [5, 5.41) is 31.9. The number of carboxylic acid groups (broad SMARTS) is 2. The van der Waals surface area contributed by atoms with Gasteiger partial charge in [0.1, 0.15) is 12.1 Å². The number of aliphatic hydroxyl groups is 1. The molecular weight excluding hydrogens is 354 g/mol. The Kier molecular flexibility index (Phi) is 10.8. The monoisotopic (exact) mass is 379 g/mol. The second-order valence-electron chi connectivity index (χ2n) is 5.45. The molecule has 4 unspecified atom stereocenters. The van der Waals surface area contributed by atoms with Crippen LogP contribution in [-0.4, -0.2) is 75.3 Å². The van der Waals surface area contributed by atoms with Gasteiger partial charge in [-0.25, -0.2) is 4.79 Å². The van der Waals surface area contributed by atoms with E-state index >= 15 is 0 Å². The van der Waals surface area contributed by atoms with Crippen LogP contribution in [0.4, 0.5) is 0 Å². The SMILES string of the molecule is CSCCC(NC(=O)C(NC(=O)C(N)CCC(=O)O)C(C)O)C(=O)O. The van der Waals surface area contributed by atoms with Gasteiger partial charge < -0.3 is 31.7 Å². The maximum atomic E-state index is 12.2. The van der Waals surface area contributed by atoms with Crippen LogP contribution in [0.15, 0.2) is 0 Å². The molecule has 0 radical (unpaired) electrons. The standard InChI is InChI=1S/C14H25N3O7S/c1-7(18)11(17-12(21)8(15)3-4-10(19)20)13(22)16-9(14(23)24)5-6-25-2/h7-9,11,18H,3-6,15H2,1-2H3,(H,16,22)(H,17,21)(H,19,20)(H,23,24). The van der Waals surface area contributed by atoms with E-state index in [-0.39, 0.29) is 19.3 Å². The van der Waals surface area contributed by atoms with Crippen molar-refractivity contribution in [1.82, 2.24) is 10.6 Å². The Labute approximate surface area is 149 Å². The second-order valence-corrected chi connectivity index (χ2v) is 6.43. The maximum Gasteiger partial charge on any atom is 0.326 e. The molecule has 0 spiro atoms. The third-order valence-electron chi connectivity index (χ3n) is 3.29. The molecule has 10 nitrogen and oxygen atoms in total. The van der Waals surface area contributed by atoms with Crippen LogP contribution in [-0.2, 0) is 19.2 Å². The molecule has 0 saturated heterocycles. The Bertz CT molecular complexity index is 487. The molecule has 0 aliphatic carbocycles. The third kappa shape index (κ3) is 9.27. The number of hydrogen-bond acceptors (Lipinski definition) is 7. The number of thioether (sulfide) groups is 1. The number of rotatable bonds is 12. The summed E-state index contributed by atoms with van der Waals surface area (Å²) in [6.07, 6.45) is 0.209. The topological polar surface area (TPSA) is 179 Å². The summed E-state index contributed by atoms with van der Waals surface area (Å²) in [5.41, 5.74) is 5.54. The van der Waals surface area contributed by atoms with Gasteiger partial charge in [-0.15, -0.1) is 0 Å². The van der Waals surface area contributed by atoms with Crippen molar-refractivity contribution in [2.45, 2.75) is 50.4 Å². The predicted octanol–water partition coefficient (Wildman–Crippen LogP) is -1.63. The van der Waals surface area contributed by atoms with E-state index in [0.717, 1.165) is 0 Å². The molecule has 0 fully saturated rings. The van der Waals surface area contributed by atoms with E-state index in [9.17, 15) is 24.3 Å². The van der Waals surface area contributed by atoms with Gasteiger partial charge in [0, 0.05) is 6.42 Å². The molecule has 25 heavy (non-hydrogen) atoms. The van der Waals surface area contributed by atoms with E-state index in [4.69, 9.17) is 15.9 Å². The van der Waals surface area contributed by atoms with Gasteiger partial charge in [-0.1, -0.05) is 0 Å². The fourth-order valence-electron chi connectivity index (χ4n) is 1.83. The van der Waals surface area contributed by atoms with E-state index < -0.39 is 48.0 Å². The van der Waals surface area contributed by atoms with Crippen molar-refractivity contribution in [3.8, 4) is 0 Å². The number of aliphatic hydroxyl groups excluding tert-OH is 1. The molecule has 0 aromatic carbocycles. The molecule has 0 rings (SSSR count). The Morgan fingerprint density at radius 2 is 1.68 bits per heavy atom. The molecule has 0 aromatic heterocycles. The Morgan fingerprint density at radius 1 is 1.08 bits per heavy atom. The molecular formula is C14H25N3O7S. The summed E-state index contributed by atoms with van der Waals surface area (Å²) in [7, 11) is 0. The van der Waals surface area contributed by atoms with Crippen molar-refractivity contribution in [2.75, 3.05) is 12.0 Å². The summed E-state index contributed by atoms with van der Waals surface area (Å²) in [6, 6.07) is -3.73. The Morgan fingerprint density at radius 3 is 2.12 bits per heavy atom. The van der Waals surface area contributed by atoms with Crippen LogP contribution in [0, 0.1) is 0 Å². The van der Waals surface area contributed by atoms with E-state index in [1.54, 1.807) is 6.26 Å². The zero-order chi connectivity index (χ0) is 19.6. The van der Waals surface area contributed by atoms with Crippen LogP contribution < -0.4 is 16.4 Å². The van der Waals surface area contributed by atoms with Crippen molar-refractivity contribution >= 4 is 35.5 Å². The highest BCUT2D eigenvalue weighted by Gasteiger charge is 2.30. The van der Waals surface area contributed by atoms with Gasteiger partial charge in [0.05, 0.1) is 12.1 Å². The van der Waals surface area contributed by atoms with Crippen molar-refractivity contribution < 1.29 is 34.5 Å². The quantitative estimate of drug-likeness (QED) is 0.232. The zero-order valence-corrected chi connectivity index (χ0v) is 14.9. The first-order chi connectivity index (χ1) is 11.6. The smallest absolute Gasteiger partial charge is 0.326 e. The lowest BCUT2D eigenvalue weighted by molar-refractivity contribution is -0.143. The van der Waals surface area contributed by atoms with Gasteiger partial charge in [0.15, 0.2) is 0 Å². The Hall–Kier alpha value is -1.85. The van der Waals surface area contributed by atoms with Crippen molar-refractivity contribution in [3.63, 3.8) is 0 Å². The van der Waals surface area contributed by atoms with Crippen LogP contribution in [0.1, 0.15) is 26.2 Å². The average Bonchev–Trinajstić information content (AvgIpc) is 2.52. The molecule has 11 heteroatoms. The lowest BCUT2D eigenvalue weighted by Crippen LogP contribution is -2.58. The number of hydrogen-bond donors (Lipinski definition) is 6. The normalized spacial score (nSPS) is 15.5. The minimum absolute atomic E-state index is 0.138. The molecule has 144 valence electrons. The van der Waals surface area contributed by atoms with Gasteiger partial charge in [-0.3, -0.25) is 14.4 Å². The van der Waals surface area contributed by atoms with Crippen LogP contribution in [0.25, 0.3) is 0 Å². The lowest BCUT2D eigenvalue weighted by atomic mass is 10.1. The molecule has 0 bridgehead atoms. The first-order valence-electron chi connectivity index (χ1n) is 7.58. The largest absolute Gasteiger partial charge is 0.481 e. The van der Waals surface area contributed by atoms with Crippen LogP contribution >= 0.6 is 11.8 Å². The van der Waals surface area contributed by atoms with Crippen LogP contribution in [0.2, 0.25) is 0 Å². The van der Waals surface area contributed by atoms with E-state index in [0.29, 0.717) is 5.75 Å². The average molecular weight is 379 g/mol. The Balaban J connectivity index is 4.85. The molecule has 0 aliphatic rings. The number of carboxylic acids is 2. The number of nitrogens with one attached hydrogen (secondary N) is 2. The van der Waals surface area contributed by atoms with Gasteiger partial charge in [-0.05, 0) is 31.8 Å². The second kappa shape index (κ2) is 11.7. The number of aliphatic carboxylic acids is 2. The zero-order valence-electron chi connectivity index (χ0n) is 14.1. The lowest BCUT2D eigenvalue weighted by Gasteiger charge is -2.24. The minimum atomic E-state index is -1.40. The first kappa shape index (κ1) is 23.1. The van der Waals surface area contributed by atoms with Gasteiger partial charge in [0.2, 0.25) is 11.8 Å². The summed E-state index contributed by atoms with van der Waals surface area (Å²) in [4.78, 5) is 45.8. The van der Waals surface area contributed by atoms with E-state index in [1.807, 2.05) is 0 Å². The van der Waals surface area contributed by atoms with Crippen molar-refractivity contribution in [2.24, 2.45) is 5.73 Å². The number of carbonyl (C=O) groups excluding carboxylic acids is 2. The third-order valence-corrected chi connectivity index (χ3v) is 3.94. The molecule has 0 aliphatic heterocycles. The fourth-order valence-corrected chi connectivity index (χ4v) is 2.30. The highest BCUT2D eigenvalue weighted by atomic mass is 32.2. The predicted molar refractivity (Wildman–Crippen MR) is 91.0 cm³/mol.